The zero-order valence-electron chi connectivity index (χ0n) is 11.3. The topological polar surface area (TPSA) is 118 Å². The molecule has 106 valence electrons. The second kappa shape index (κ2) is 7.31. The predicted molar refractivity (Wildman–Crippen MR) is 70.8 cm³/mol. The molecule has 0 saturated heterocycles. The lowest BCUT2D eigenvalue weighted by Crippen LogP contribution is -2.38. The van der Waals surface area contributed by atoms with Crippen molar-refractivity contribution < 1.29 is 9.53 Å². The van der Waals surface area contributed by atoms with Crippen molar-refractivity contribution in [2.45, 2.75) is 13.8 Å². The summed E-state index contributed by atoms with van der Waals surface area (Å²) in [5, 5.41) is 2.71. The summed E-state index contributed by atoms with van der Waals surface area (Å²) in [5.41, 5.74) is 2.33. The van der Waals surface area contributed by atoms with E-state index in [1.54, 1.807) is 4.90 Å². The highest BCUT2D eigenvalue weighted by Gasteiger charge is 2.15. The van der Waals surface area contributed by atoms with Gasteiger partial charge in [-0.2, -0.15) is 15.0 Å². The zero-order chi connectivity index (χ0) is 14.3. The van der Waals surface area contributed by atoms with Crippen molar-refractivity contribution in [3.63, 3.8) is 0 Å². The Labute approximate surface area is 111 Å². The number of ether oxygens (including phenoxy) is 1. The van der Waals surface area contributed by atoms with Gasteiger partial charge in [0.05, 0.1) is 13.7 Å². The zero-order valence-corrected chi connectivity index (χ0v) is 11.3. The van der Waals surface area contributed by atoms with Gasteiger partial charge in [0.15, 0.2) is 0 Å². The van der Waals surface area contributed by atoms with Crippen molar-refractivity contribution in [2.75, 3.05) is 37.1 Å². The quantitative estimate of drug-likeness (QED) is 0.432. The standard InChI is InChI=1S/C10H19N7O2/c1-4-12-7(18)6-17(5-2)9-13-8(16-11)14-10(15-9)19-3/h4-6,11H2,1-3H3,(H,12,18)(H,13,14,15,16). The average molecular weight is 269 g/mol. The summed E-state index contributed by atoms with van der Waals surface area (Å²) < 4.78 is 4.96. The van der Waals surface area contributed by atoms with E-state index in [1.165, 1.54) is 7.11 Å². The van der Waals surface area contributed by atoms with E-state index in [1.807, 2.05) is 13.8 Å². The van der Waals surface area contributed by atoms with Crippen LogP contribution in [0.5, 0.6) is 6.01 Å². The first-order chi connectivity index (χ1) is 9.14. The number of carbonyl (C=O) groups excluding carboxylic acids is 1. The van der Waals surface area contributed by atoms with Gasteiger partial charge in [-0.25, -0.2) is 5.84 Å². The summed E-state index contributed by atoms with van der Waals surface area (Å²) in [7, 11) is 1.44. The SMILES string of the molecule is CCNC(=O)CN(CC)c1nc(NN)nc(OC)n1. The molecule has 0 spiro atoms. The maximum atomic E-state index is 11.6. The van der Waals surface area contributed by atoms with Crippen LogP contribution in [-0.4, -0.2) is 47.6 Å². The first-order valence-electron chi connectivity index (χ1n) is 5.92. The number of rotatable bonds is 7. The smallest absolute Gasteiger partial charge is 0.322 e. The lowest BCUT2D eigenvalue weighted by molar-refractivity contribution is -0.119. The Balaban J connectivity index is 2.93. The number of carbonyl (C=O) groups is 1. The fourth-order valence-corrected chi connectivity index (χ4v) is 1.39. The summed E-state index contributed by atoms with van der Waals surface area (Å²) in [6.07, 6.45) is 0. The van der Waals surface area contributed by atoms with E-state index in [9.17, 15) is 4.79 Å². The van der Waals surface area contributed by atoms with Crippen LogP contribution >= 0.6 is 0 Å². The molecule has 1 heterocycles. The number of hydrazine groups is 1. The normalized spacial score (nSPS) is 9.89. The molecule has 0 atom stereocenters. The molecule has 9 heteroatoms. The molecule has 0 saturated carbocycles. The molecular formula is C10H19N7O2. The molecule has 1 aromatic heterocycles. The highest BCUT2D eigenvalue weighted by Crippen LogP contribution is 2.13. The van der Waals surface area contributed by atoms with E-state index in [0.29, 0.717) is 19.0 Å². The summed E-state index contributed by atoms with van der Waals surface area (Å²) in [6.45, 7) is 5.05. The van der Waals surface area contributed by atoms with Crippen molar-refractivity contribution in [3.05, 3.63) is 0 Å². The van der Waals surface area contributed by atoms with Crippen molar-refractivity contribution in [3.8, 4) is 6.01 Å². The van der Waals surface area contributed by atoms with Crippen LogP contribution in [0.3, 0.4) is 0 Å². The number of methoxy groups -OCH3 is 1. The number of anilines is 2. The fraction of sp³-hybridized carbons (Fsp3) is 0.600. The van der Waals surface area contributed by atoms with Gasteiger partial charge in [-0.15, -0.1) is 0 Å². The highest BCUT2D eigenvalue weighted by molar-refractivity contribution is 5.80. The van der Waals surface area contributed by atoms with E-state index in [4.69, 9.17) is 10.6 Å². The predicted octanol–water partition coefficient (Wildman–Crippen LogP) is -0.872. The minimum atomic E-state index is -0.106. The highest BCUT2D eigenvalue weighted by atomic mass is 16.5. The second-order valence-corrected chi connectivity index (χ2v) is 3.56. The molecule has 0 aromatic carbocycles. The summed E-state index contributed by atoms with van der Waals surface area (Å²) in [4.78, 5) is 25.4. The number of nitrogens with zero attached hydrogens (tertiary/aromatic N) is 4. The molecule has 0 fully saturated rings. The Morgan fingerprint density at radius 1 is 1.37 bits per heavy atom. The van der Waals surface area contributed by atoms with E-state index < -0.39 is 0 Å². The first-order valence-corrected chi connectivity index (χ1v) is 5.92. The molecule has 19 heavy (non-hydrogen) atoms. The van der Waals surface area contributed by atoms with Gasteiger partial charge >= 0.3 is 6.01 Å². The van der Waals surface area contributed by atoms with Gasteiger partial charge in [-0.3, -0.25) is 10.2 Å². The van der Waals surface area contributed by atoms with Crippen molar-refractivity contribution >= 4 is 17.8 Å². The van der Waals surface area contributed by atoms with Crippen LogP contribution in [0.25, 0.3) is 0 Å². The van der Waals surface area contributed by atoms with Crippen LogP contribution in [0.2, 0.25) is 0 Å². The van der Waals surface area contributed by atoms with Gasteiger partial charge in [0.1, 0.15) is 0 Å². The third-order valence-electron chi connectivity index (χ3n) is 2.29. The number of amides is 1. The van der Waals surface area contributed by atoms with Crippen LogP contribution in [0.4, 0.5) is 11.9 Å². The number of nitrogens with one attached hydrogen (secondary N) is 2. The van der Waals surface area contributed by atoms with Crippen LogP contribution in [0, 0.1) is 0 Å². The molecule has 0 unspecified atom stereocenters. The van der Waals surface area contributed by atoms with Crippen molar-refractivity contribution in [1.29, 1.82) is 0 Å². The van der Waals surface area contributed by atoms with Crippen LogP contribution in [-0.2, 0) is 4.79 Å². The second-order valence-electron chi connectivity index (χ2n) is 3.56. The molecule has 9 nitrogen and oxygen atoms in total. The monoisotopic (exact) mass is 269 g/mol. The molecule has 1 amide bonds. The van der Waals surface area contributed by atoms with E-state index in [2.05, 4.69) is 25.7 Å². The van der Waals surface area contributed by atoms with Crippen LogP contribution in [0.15, 0.2) is 0 Å². The number of aromatic nitrogens is 3. The molecule has 0 aliphatic heterocycles. The van der Waals surface area contributed by atoms with E-state index in [0.717, 1.165) is 0 Å². The molecule has 0 aliphatic rings. The van der Waals surface area contributed by atoms with Gasteiger partial charge in [-0.1, -0.05) is 0 Å². The third kappa shape index (κ3) is 4.21. The number of hydrogen-bond donors (Lipinski definition) is 3. The maximum Gasteiger partial charge on any atom is 0.322 e. The maximum absolute atomic E-state index is 11.6. The van der Waals surface area contributed by atoms with Gasteiger partial charge in [-0.05, 0) is 13.8 Å². The van der Waals surface area contributed by atoms with Gasteiger partial charge in [0.25, 0.3) is 0 Å². The Morgan fingerprint density at radius 3 is 2.63 bits per heavy atom. The number of nitrogen functional groups attached to an aromatic ring is 1. The summed E-state index contributed by atoms with van der Waals surface area (Å²) in [6, 6.07) is 0.132. The number of hydrogen-bond acceptors (Lipinski definition) is 8. The molecule has 1 rings (SSSR count). The Morgan fingerprint density at radius 2 is 2.11 bits per heavy atom. The van der Waals surface area contributed by atoms with Gasteiger partial charge in [0, 0.05) is 13.1 Å². The van der Waals surface area contributed by atoms with Crippen molar-refractivity contribution in [2.24, 2.45) is 5.84 Å². The minimum Gasteiger partial charge on any atom is -0.467 e. The minimum absolute atomic E-state index is 0.106. The molecule has 0 aliphatic carbocycles. The lowest BCUT2D eigenvalue weighted by Gasteiger charge is -2.20. The Bertz CT molecular complexity index is 404. The number of likely N-dealkylation sites (N-methyl/N-ethyl adjacent to an activating group) is 2. The average Bonchev–Trinajstić information content (AvgIpc) is 2.44. The van der Waals surface area contributed by atoms with Crippen LogP contribution in [0.1, 0.15) is 13.8 Å². The largest absolute Gasteiger partial charge is 0.467 e. The molecule has 0 bridgehead atoms. The summed E-state index contributed by atoms with van der Waals surface area (Å²) >= 11 is 0. The molecule has 1 aromatic rings. The molecule has 4 N–H and O–H groups in total. The third-order valence-corrected chi connectivity index (χ3v) is 2.29. The summed E-state index contributed by atoms with van der Waals surface area (Å²) in [5.74, 6) is 5.68. The lowest BCUT2D eigenvalue weighted by atomic mass is 10.4. The molecule has 0 radical (unpaired) electrons. The Kier molecular flexibility index (Phi) is 5.73. The molecular weight excluding hydrogens is 250 g/mol. The van der Waals surface area contributed by atoms with Crippen molar-refractivity contribution in [1.82, 2.24) is 20.3 Å². The van der Waals surface area contributed by atoms with Gasteiger partial charge in [0.2, 0.25) is 17.8 Å². The Hall–Kier alpha value is -2.16. The first kappa shape index (κ1) is 14.9. The van der Waals surface area contributed by atoms with Crippen LogP contribution < -0.4 is 26.2 Å². The van der Waals surface area contributed by atoms with E-state index in [-0.39, 0.29) is 24.4 Å². The fourth-order valence-electron chi connectivity index (χ4n) is 1.39. The van der Waals surface area contributed by atoms with E-state index >= 15 is 0 Å². The van der Waals surface area contributed by atoms with Gasteiger partial charge < -0.3 is 15.0 Å². The number of nitrogens with two attached hydrogens (primary N) is 1.